The molecule has 1 aliphatic rings. The van der Waals surface area contributed by atoms with Crippen molar-refractivity contribution in [3.05, 3.63) is 12.4 Å². The summed E-state index contributed by atoms with van der Waals surface area (Å²) in [6, 6.07) is 1.88. The van der Waals surface area contributed by atoms with E-state index in [9.17, 15) is 0 Å². The number of anilines is 1. The molecule has 88 valence electrons. The summed E-state index contributed by atoms with van der Waals surface area (Å²) in [5.74, 6) is 2.23. The second-order valence-corrected chi connectivity index (χ2v) is 4.08. The molecule has 2 rings (SSSR count). The maximum Gasteiger partial charge on any atom is 0.218 e. The maximum atomic E-state index is 5.67. The molecule has 0 atom stereocenters. The zero-order valence-corrected chi connectivity index (χ0v) is 9.59. The lowest BCUT2D eigenvalue weighted by Gasteiger charge is -2.32. The lowest BCUT2D eigenvalue weighted by molar-refractivity contribution is 0.393. The van der Waals surface area contributed by atoms with E-state index < -0.39 is 0 Å². The molecule has 2 heterocycles. The smallest absolute Gasteiger partial charge is 0.218 e. The number of methoxy groups -OCH3 is 1. The van der Waals surface area contributed by atoms with Crippen LogP contribution in [0, 0.1) is 5.92 Å². The van der Waals surface area contributed by atoms with Gasteiger partial charge >= 0.3 is 0 Å². The van der Waals surface area contributed by atoms with E-state index in [1.165, 1.54) is 0 Å². The summed E-state index contributed by atoms with van der Waals surface area (Å²) in [6.45, 7) is 2.82. The molecule has 0 aromatic carbocycles. The fourth-order valence-electron chi connectivity index (χ4n) is 2.01. The van der Waals surface area contributed by atoms with Crippen LogP contribution in [0.4, 0.5) is 5.82 Å². The zero-order valence-electron chi connectivity index (χ0n) is 9.59. The molecule has 1 aromatic heterocycles. The minimum atomic E-state index is 0.617. The van der Waals surface area contributed by atoms with E-state index >= 15 is 0 Å². The Labute approximate surface area is 95.6 Å². The third kappa shape index (κ3) is 2.41. The van der Waals surface area contributed by atoms with Gasteiger partial charge in [0.25, 0.3) is 0 Å². The molecule has 0 unspecified atom stereocenters. The Morgan fingerprint density at radius 3 is 2.81 bits per heavy atom. The fraction of sp³-hybridized carbons (Fsp3) is 0.636. The summed E-state index contributed by atoms with van der Waals surface area (Å²) in [5, 5.41) is 0. The number of hydrogen-bond acceptors (Lipinski definition) is 5. The third-order valence-corrected chi connectivity index (χ3v) is 3.11. The second kappa shape index (κ2) is 5.12. The topological polar surface area (TPSA) is 64.3 Å². The molecule has 0 bridgehead atoms. The lowest BCUT2D eigenvalue weighted by atomic mass is 9.97. The van der Waals surface area contributed by atoms with Gasteiger partial charge in [-0.15, -0.1) is 0 Å². The van der Waals surface area contributed by atoms with E-state index in [0.717, 1.165) is 38.3 Å². The van der Waals surface area contributed by atoms with E-state index in [-0.39, 0.29) is 0 Å². The molecule has 1 saturated heterocycles. The summed E-state index contributed by atoms with van der Waals surface area (Å²) in [6.07, 6.45) is 3.83. The number of rotatable bonds is 3. The molecule has 1 aliphatic heterocycles. The highest BCUT2D eigenvalue weighted by atomic mass is 16.5. The molecule has 1 fully saturated rings. The largest absolute Gasteiger partial charge is 0.481 e. The van der Waals surface area contributed by atoms with E-state index in [0.29, 0.717) is 11.8 Å². The van der Waals surface area contributed by atoms with Crippen molar-refractivity contribution in [1.29, 1.82) is 0 Å². The van der Waals surface area contributed by atoms with Gasteiger partial charge in [0.05, 0.1) is 7.11 Å². The van der Waals surface area contributed by atoms with Gasteiger partial charge in [-0.05, 0) is 25.3 Å². The number of nitrogens with two attached hydrogens (primary N) is 1. The molecule has 16 heavy (non-hydrogen) atoms. The van der Waals surface area contributed by atoms with Gasteiger partial charge < -0.3 is 15.4 Å². The summed E-state index contributed by atoms with van der Waals surface area (Å²) >= 11 is 0. The van der Waals surface area contributed by atoms with Crippen LogP contribution < -0.4 is 15.4 Å². The van der Waals surface area contributed by atoms with Gasteiger partial charge in [-0.25, -0.2) is 9.97 Å². The van der Waals surface area contributed by atoms with Crippen LogP contribution in [-0.4, -0.2) is 36.7 Å². The number of piperidine rings is 1. The standard InChI is InChI=1S/C11H18N4O/c1-16-11-6-10(13-8-14-11)15-4-2-9(7-12)3-5-15/h6,8-9H,2-5,7,12H2,1H3. The van der Waals surface area contributed by atoms with Gasteiger partial charge in [-0.3, -0.25) is 0 Å². The van der Waals surface area contributed by atoms with Gasteiger partial charge in [-0.2, -0.15) is 0 Å². The molecule has 0 radical (unpaired) electrons. The van der Waals surface area contributed by atoms with Crippen molar-refractivity contribution in [2.75, 3.05) is 31.6 Å². The van der Waals surface area contributed by atoms with Gasteiger partial charge in [0.1, 0.15) is 12.1 Å². The average Bonchev–Trinajstić information content (AvgIpc) is 2.39. The Kier molecular flexibility index (Phi) is 3.56. The van der Waals surface area contributed by atoms with Crippen LogP contribution in [0.3, 0.4) is 0 Å². The molecule has 0 amide bonds. The van der Waals surface area contributed by atoms with Gasteiger partial charge in [0.15, 0.2) is 0 Å². The van der Waals surface area contributed by atoms with Crippen LogP contribution in [0.2, 0.25) is 0 Å². The Morgan fingerprint density at radius 1 is 1.44 bits per heavy atom. The van der Waals surface area contributed by atoms with Crippen LogP contribution in [0.15, 0.2) is 12.4 Å². The Hall–Kier alpha value is -1.36. The fourth-order valence-corrected chi connectivity index (χ4v) is 2.01. The summed E-state index contributed by atoms with van der Waals surface area (Å²) in [5.41, 5.74) is 5.67. The lowest BCUT2D eigenvalue weighted by Crippen LogP contribution is -2.36. The third-order valence-electron chi connectivity index (χ3n) is 3.11. The molecule has 0 saturated carbocycles. The van der Waals surface area contributed by atoms with Crippen LogP contribution in [-0.2, 0) is 0 Å². The zero-order chi connectivity index (χ0) is 11.4. The van der Waals surface area contributed by atoms with Crippen LogP contribution in [0.1, 0.15) is 12.8 Å². The van der Waals surface area contributed by atoms with Crippen molar-refractivity contribution in [3.8, 4) is 5.88 Å². The van der Waals surface area contributed by atoms with Crippen molar-refractivity contribution in [2.45, 2.75) is 12.8 Å². The number of aromatic nitrogens is 2. The summed E-state index contributed by atoms with van der Waals surface area (Å²) in [7, 11) is 1.62. The van der Waals surface area contributed by atoms with Crippen molar-refractivity contribution in [3.63, 3.8) is 0 Å². The minimum absolute atomic E-state index is 0.617. The normalized spacial score (nSPS) is 17.5. The number of hydrogen-bond donors (Lipinski definition) is 1. The Morgan fingerprint density at radius 2 is 2.19 bits per heavy atom. The first-order chi connectivity index (χ1) is 7.83. The molecular weight excluding hydrogens is 204 g/mol. The Bertz CT molecular complexity index is 337. The predicted molar refractivity (Wildman–Crippen MR) is 62.6 cm³/mol. The molecule has 5 nitrogen and oxygen atoms in total. The Balaban J connectivity index is 2.02. The van der Waals surface area contributed by atoms with Gasteiger partial charge in [-0.1, -0.05) is 0 Å². The molecule has 0 aliphatic carbocycles. The van der Waals surface area contributed by atoms with Gasteiger partial charge in [0, 0.05) is 19.2 Å². The predicted octanol–water partition coefficient (Wildman–Crippen LogP) is 0.660. The average molecular weight is 222 g/mol. The van der Waals surface area contributed by atoms with Crippen molar-refractivity contribution in [1.82, 2.24) is 9.97 Å². The molecule has 5 heteroatoms. The van der Waals surface area contributed by atoms with E-state index in [4.69, 9.17) is 10.5 Å². The van der Waals surface area contributed by atoms with Crippen LogP contribution in [0.5, 0.6) is 5.88 Å². The van der Waals surface area contributed by atoms with Gasteiger partial charge in [0.2, 0.25) is 5.88 Å². The highest BCUT2D eigenvalue weighted by Crippen LogP contribution is 2.22. The first-order valence-electron chi connectivity index (χ1n) is 5.64. The minimum Gasteiger partial charge on any atom is -0.481 e. The molecule has 2 N–H and O–H groups in total. The van der Waals surface area contributed by atoms with E-state index in [2.05, 4.69) is 14.9 Å². The number of nitrogens with zero attached hydrogens (tertiary/aromatic N) is 3. The summed E-state index contributed by atoms with van der Waals surface area (Å²) < 4.78 is 5.09. The quantitative estimate of drug-likeness (QED) is 0.814. The molecule has 0 spiro atoms. The first kappa shape index (κ1) is 11.1. The molecular formula is C11H18N4O. The second-order valence-electron chi connectivity index (χ2n) is 4.08. The van der Waals surface area contributed by atoms with Crippen molar-refractivity contribution < 1.29 is 4.74 Å². The van der Waals surface area contributed by atoms with E-state index in [1.54, 1.807) is 13.4 Å². The van der Waals surface area contributed by atoms with Crippen molar-refractivity contribution in [2.24, 2.45) is 11.7 Å². The number of ether oxygens (including phenoxy) is 1. The highest BCUT2D eigenvalue weighted by Gasteiger charge is 2.19. The monoisotopic (exact) mass is 222 g/mol. The van der Waals surface area contributed by atoms with Crippen molar-refractivity contribution >= 4 is 5.82 Å². The first-order valence-corrected chi connectivity index (χ1v) is 5.64. The SMILES string of the molecule is COc1cc(N2CCC(CN)CC2)ncn1. The van der Waals surface area contributed by atoms with E-state index in [1.807, 2.05) is 6.07 Å². The van der Waals surface area contributed by atoms with Crippen LogP contribution in [0.25, 0.3) is 0 Å². The van der Waals surface area contributed by atoms with Crippen LogP contribution >= 0.6 is 0 Å². The maximum absolute atomic E-state index is 5.67. The molecule has 1 aromatic rings. The highest BCUT2D eigenvalue weighted by molar-refractivity contribution is 5.41. The summed E-state index contributed by atoms with van der Waals surface area (Å²) in [4.78, 5) is 10.5.